The van der Waals surface area contributed by atoms with Crippen LogP contribution in [-0.2, 0) is 4.74 Å². The number of alkyl halides is 2. The van der Waals surface area contributed by atoms with E-state index in [4.69, 9.17) is 4.74 Å². The number of rotatable bonds is 2. The summed E-state index contributed by atoms with van der Waals surface area (Å²) in [6, 6.07) is 1.10. The molecule has 20 heavy (non-hydrogen) atoms. The summed E-state index contributed by atoms with van der Waals surface area (Å²) >= 11 is 3.06. The van der Waals surface area contributed by atoms with Crippen LogP contribution in [0.1, 0.15) is 37.5 Å². The minimum atomic E-state index is -2.87. The van der Waals surface area contributed by atoms with Crippen molar-refractivity contribution >= 4 is 26.8 Å². The molecule has 2 heterocycles. The summed E-state index contributed by atoms with van der Waals surface area (Å²) in [4.78, 5) is 0. The van der Waals surface area contributed by atoms with Crippen molar-refractivity contribution in [2.24, 2.45) is 0 Å². The first-order valence-corrected chi connectivity index (χ1v) is 7.13. The topological polar surface area (TPSA) is 27.1 Å². The van der Waals surface area contributed by atoms with Crippen molar-refractivity contribution in [2.45, 2.75) is 31.9 Å². The second kappa shape index (κ2) is 5.37. The lowest BCUT2D eigenvalue weighted by molar-refractivity contribution is -0.0366. The third-order valence-electron chi connectivity index (χ3n) is 3.47. The summed E-state index contributed by atoms with van der Waals surface area (Å²) in [5.41, 5.74) is -0.160. The number of nitrogens with zero attached hydrogens (tertiary/aromatic N) is 2. The van der Waals surface area contributed by atoms with Crippen molar-refractivity contribution in [1.82, 2.24) is 9.78 Å². The minimum absolute atomic E-state index is 0.0598. The highest BCUT2D eigenvalue weighted by atomic mass is 79.9. The van der Waals surface area contributed by atoms with Gasteiger partial charge in [-0.25, -0.2) is 17.9 Å². The first kappa shape index (κ1) is 13.9. The summed E-state index contributed by atoms with van der Waals surface area (Å²) in [7, 11) is 0. The van der Waals surface area contributed by atoms with Crippen molar-refractivity contribution in [2.75, 3.05) is 6.61 Å². The Labute approximate surface area is 121 Å². The van der Waals surface area contributed by atoms with Gasteiger partial charge in [0.2, 0.25) is 0 Å². The van der Waals surface area contributed by atoms with Gasteiger partial charge in [0, 0.05) is 22.5 Å². The van der Waals surface area contributed by atoms with Crippen LogP contribution in [0.2, 0.25) is 0 Å². The highest BCUT2D eigenvalue weighted by molar-refractivity contribution is 9.10. The monoisotopic (exact) mass is 348 g/mol. The Hall–Kier alpha value is -1.08. The van der Waals surface area contributed by atoms with Crippen LogP contribution in [0.3, 0.4) is 0 Å². The minimum Gasteiger partial charge on any atom is -0.356 e. The highest BCUT2D eigenvalue weighted by Crippen LogP contribution is 2.37. The Balaban J connectivity index is 2.13. The number of fused-ring (bicyclic) bond motifs is 1. The predicted octanol–water partition coefficient (Wildman–Crippen LogP) is 4.57. The average molecular weight is 349 g/mol. The molecular formula is C13H12BrF3N2O. The molecule has 3 nitrogen and oxygen atoms in total. The van der Waals surface area contributed by atoms with Gasteiger partial charge in [0.1, 0.15) is 5.82 Å². The van der Waals surface area contributed by atoms with E-state index in [1.54, 1.807) is 4.68 Å². The van der Waals surface area contributed by atoms with Crippen LogP contribution in [-0.4, -0.2) is 16.4 Å². The zero-order valence-electron chi connectivity index (χ0n) is 10.5. The van der Waals surface area contributed by atoms with Gasteiger partial charge in [-0.15, -0.1) is 0 Å². The fourth-order valence-corrected chi connectivity index (χ4v) is 3.15. The number of halogens is 4. The second-order valence-corrected chi connectivity index (χ2v) is 5.52. The smallest absolute Gasteiger partial charge is 0.267 e. The maximum absolute atomic E-state index is 13.9. The number of hydrogen-bond donors (Lipinski definition) is 0. The standard InChI is InChI=1S/C13H12BrF3N2O/c14-12-7-6-18-19(10-3-1-2-4-20-10)9(7)5-8(15)11(12)13(16)17/h5-6,10,13H,1-4H2. The second-order valence-electron chi connectivity index (χ2n) is 4.73. The zero-order valence-corrected chi connectivity index (χ0v) is 12.0. The third-order valence-corrected chi connectivity index (χ3v) is 4.33. The summed E-state index contributed by atoms with van der Waals surface area (Å²) < 4.78 is 46.8. The molecule has 3 rings (SSSR count). The summed E-state index contributed by atoms with van der Waals surface area (Å²) in [6.45, 7) is 0.630. The highest BCUT2D eigenvalue weighted by Gasteiger charge is 2.24. The van der Waals surface area contributed by atoms with Gasteiger partial charge in [-0.2, -0.15) is 5.10 Å². The Kier molecular flexibility index (Phi) is 3.72. The van der Waals surface area contributed by atoms with Crippen LogP contribution in [0.4, 0.5) is 13.2 Å². The molecule has 2 aromatic rings. The van der Waals surface area contributed by atoms with Crippen LogP contribution >= 0.6 is 15.9 Å². The van der Waals surface area contributed by atoms with Gasteiger partial charge in [0.25, 0.3) is 6.43 Å². The van der Waals surface area contributed by atoms with Crippen molar-refractivity contribution in [3.05, 3.63) is 28.1 Å². The fourth-order valence-electron chi connectivity index (χ4n) is 2.48. The van der Waals surface area contributed by atoms with E-state index < -0.39 is 17.8 Å². The van der Waals surface area contributed by atoms with E-state index in [1.807, 2.05) is 0 Å². The molecule has 0 amide bonds. The van der Waals surface area contributed by atoms with E-state index in [1.165, 1.54) is 6.20 Å². The van der Waals surface area contributed by atoms with Crippen LogP contribution in [0, 0.1) is 5.82 Å². The first-order valence-electron chi connectivity index (χ1n) is 6.34. The molecule has 0 spiro atoms. The van der Waals surface area contributed by atoms with E-state index in [-0.39, 0.29) is 10.7 Å². The van der Waals surface area contributed by atoms with Gasteiger partial charge in [0.15, 0.2) is 6.23 Å². The van der Waals surface area contributed by atoms with E-state index >= 15 is 0 Å². The Morgan fingerprint density at radius 1 is 1.40 bits per heavy atom. The van der Waals surface area contributed by atoms with Crippen molar-refractivity contribution in [3.63, 3.8) is 0 Å². The lowest BCUT2D eigenvalue weighted by Gasteiger charge is -2.23. The normalized spacial score (nSPS) is 19.9. The molecule has 1 aromatic heterocycles. The van der Waals surface area contributed by atoms with E-state index in [9.17, 15) is 13.2 Å². The Bertz CT molecular complexity index is 638. The van der Waals surface area contributed by atoms with Crippen LogP contribution < -0.4 is 0 Å². The van der Waals surface area contributed by atoms with Crippen LogP contribution in [0.5, 0.6) is 0 Å². The molecule has 0 saturated carbocycles. The largest absolute Gasteiger partial charge is 0.356 e. The molecule has 1 aliphatic rings. The molecule has 0 N–H and O–H groups in total. The van der Waals surface area contributed by atoms with Gasteiger partial charge in [-0.1, -0.05) is 0 Å². The van der Waals surface area contributed by atoms with E-state index in [2.05, 4.69) is 21.0 Å². The number of hydrogen-bond acceptors (Lipinski definition) is 2. The van der Waals surface area contributed by atoms with Gasteiger partial charge >= 0.3 is 0 Å². The first-order chi connectivity index (χ1) is 9.59. The molecular weight excluding hydrogens is 337 g/mol. The number of ether oxygens (including phenoxy) is 1. The molecule has 1 fully saturated rings. The van der Waals surface area contributed by atoms with Gasteiger partial charge in [-0.3, -0.25) is 0 Å². The SMILES string of the molecule is Fc1cc2c(cnn2C2CCCCO2)c(Br)c1C(F)F. The third kappa shape index (κ3) is 2.22. The quantitative estimate of drug-likeness (QED) is 0.794. The average Bonchev–Trinajstić information content (AvgIpc) is 2.83. The van der Waals surface area contributed by atoms with E-state index in [0.29, 0.717) is 17.5 Å². The number of aromatic nitrogens is 2. The van der Waals surface area contributed by atoms with Gasteiger partial charge < -0.3 is 4.74 Å². The molecule has 1 aliphatic heterocycles. The molecule has 1 unspecified atom stereocenters. The number of benzene rings is 1. The maximum Gasteiger partial charge on any atom is 0.267 e. The van der Waals surface area contributed by atoms with Crippen molar-refractivity contribution in [1.29, 1.82) is 0 Å². The lowest BCUT2D eigenvalue weighted by atomic mass is 10.1. The zero-order chi connectivity index (χ0) is 14.3. The molecule has 1 aromatic carbocycles. The lowest BCUT2D eigenvalue weighted by Crippen LogP contribution is -2.19. The fraction of sp³-hybridized carbons (Fsp3) is 0.462. The van der Waals surface area contributed by atoms with Crippen LogP contribution in [0.25, 0.3) is 10.9 Å². The Morgan fingerprint density at radius 3 is 2.85 bits per heavy atom. The summed E-state index contributed by atoms with van der Waals surface area (Å²) in [5.74, 6) is -0.933. The molecule has 108 valence electrons. The summed E-state index contributed by atoms with van der Waals surface area (Å²) in [5, 5.41) is 4.64. The van der Waals surface area contributed by atoms with Crippen molar-refractivity contribution in [3.8, 4) is 0 Å². The molecule has 7 heteroatoms. The van der Waals surface area contributed by atoms with E-state index in [0.717, 1.165) is 25.3 Å². The maximum atomic E-state index is 13.9. The Morgan fingerprint density at radius 2 is 2.20 bits per heavy atom. The molecule has 1 saturated heterocycles. The molecule has 1 atom stereocenters. The molecule has 0 bridgehead atoms. The van der Waals surface area contributed by atoms with Gasteiger partial charge in [0.05, 0.1) is 17.3 Å². The van der Waals surface area contributed by atoms with Crippen LogP contribution in [0.15, 0.2) is 16.7 Å². The molecule has 0 aliphatic carbocycles. The summed E-state index contributed by atoms with van der Waals surface area (Å²) in [6.07, 6.45) is 1.11. The van der Waals surface area contributed by atoms with Crippen molar-refractivity contribution < 1.29 is 17.9 Å². The molecule has 0 radical (unpaired) electrons. The predicted molar refractivity (Wildman–Crippen MR) is 71.2 cm³/mol. The van der Waals surface area contributed by atoms with Gasteiger partial charge in [-0.05, 0) is 35.2 Å².